The Hall–Kier alpha value is -0.460. The highest BCUT2D eigenvalue weighted by atomic mass is 14.8. The van der Waals surface area contributed by atoms with Crippen molar-refractivity contribution in [3.8, 4) is 0 Å². The van der Waals surface area contributed by atoms with Crippen molar-refractivity contribution < 1.29 is 0 Å². The van der Waals surface area contributed by atoms with Crippen molar-refractivity contribution in [3.63, 3.8) is 0 Å². The minimum absolute atomic E-state index is 0.891. The molecule has 1 heterocycles. The summed E-state index contributed by atoms with van der Waals surface area (Å²) in [6.45, 7) is 1.07. The molecule has 1 nitrogen and oxygen atoms in total. The fourth-order valence-corrected chi connectivity index (χ4v) is 1.48. The number of allylic oxidation sites excluding steroid dienone is 1. The molecule has 1 aliphatic heterocycles. The first-order valence-electron chi connectivity index (χ1n) is 3.80. The molecule has 0 aromatic carbocycles. The van der Waals surface area contributed by atoms with Gasteiger partial charge in [-0.05, 0) is 31.1 Å². The van der Waals surface area contributed by atoms with Gasteiger partial charge in [-0.15, -0.1) is 0 Å². The van der Waals surface area contributed by atoms with Crippen LogP contribution in [0.4, 0.5) is 0 Å². The van der Waals surface area contributed by atoms with E-state index in [-0.39, 0.29) is 0 Å². The van der Waals surface area contributed by atoms with Gasteiger partial charge in [0.2, 0.25) is 0 Å². The molecule has 0 aromatic heterocycles. The lowest BCUT2D eigenvalue weighted by Crippen LogP contribution is -2.13. The zero-order valence-electron chi connectivity index (χ0n) is 5.59. The third-order valence-corrected chi connectivity index (χ3v) is 2.26. The number of hydrogen-bond acceptors (Lipinski definition) is 0. The van der Waals surface area contributed by atoms with Crippen LogP contribution >= 0.6 is 0 Å². The standard InChI is InChI=1S/C8H12N/c1-2-7(1)8-3-5-9-6-4-8/h3,5,7-8H,1-2,4,6H2. The highest BCUT2D eigenvalue weighted by molar-refractivity contribution is 4.98. The third-order valence-electron chi connectivity index (χ3n) is 2.26. The molecule has 1 heteroatoms. The number of nitrogens with zero attached hydrogens (tertiary/aromatic N) is 1. The second-order valence-electron chi connectivity index (χ2n) is 3.04. The van der Waals surface area contributed by atoms with Gasteiger partial charge >= 0.3 is 0 Å². The van der Waals surface area contributed by atoms with Crippen molar-refractivity contribution in [1.29, 1.82) is 0 Å². The average Bonchev–Trinajstić information content (AvgIpc) is 2.71. The van der Waals surface area contributed by atoms with E-state index in [1.54, 1.807) is 0 Å². The van der Waals surface area contributed by atoms with Crippen LogP contribution in [0.15, 0.2) is 12.3 Å². The van der Waals surface area contributed by atoms with Crippen molar-refractivity contribution >= 4 is 0 Å². The van der Waals surface area contributed by atoms with Crippen LogP contribution in [0.1, 0.15) is 19.3 Å². The van der Waals surface area contributed by atoms with Gasteiger partial charge < -0.3 is 0 Å². The lowest BCUT2D eigenvalue weighted by molar-refractivity contribution is 0.489. The van der Waals surface area contributed by atoms with Crippen LogP contribution in [0.2, 0.25) is 0 Å². The zero-order valence-corrected chi connectivity index (χ0v) is 5.59. The Morgan fingerprint density at radius 1 is 1.22 bits per heavy atom. The van der Waals surface area contributed by atoms with Gasteiger partial charge in [-0.3, -0.25) is 5.32 Å². The molecule has 1 unspecified atom stereocenters. The summed E-state index contributed by atoms with van der Waals surface area (Å²) in [5, 5.41) is 4.16. The summed E-state index contributed by atoms with van der Waals surface area (Å²) in [4.78, 5) is 0. The van der Waals surface area contributed by atoms with Gasteiger partial charge in [0.1, 0.15) is 0 Å². The molecule has 49 valence electrons. The molecule has 2 rings (SSSR count). The molecule has 0 saturated heterocycles. The van der Waals surface area contributed by atoms with Crippen LogP contribution in [-0.2, 0) is 0 Å². The van der Waals surface area contributed by atoms with Crippen LogP contribution < -0.4 is 5.32 Å². The summed E-state index contributed by atoms with van der Waals surface area (Å²) in [5.41, 5.74) is 0. The van der Waals surface area contributed by atoms with Crippen LogP contribution in [0.3, 0.4) is 0 Å². The second kappa shape index (κ2) is 2.05. The van der Waals surface area contributed by atoms with Gasteiger partial charge in [0.25, 0.3) is 0 Å². The van der Waals surface area contributed by atoms with Crippen LogP contribution in [-0.4, -0.2) is 6.54 Å². The Labute approximate surface area is 56.1 Å². The number of rotatable bonds is 1. The van der Waals surface area contributed by atoms with Gasteiger partial charge in [-0.1, -0.05) is 6.08 Å². The van der Waals surface area contributed by atoms with Gasteiger partial charge in [-0.2, -0.15) is 0 Å². The van der Waals surface area contributed by atoms with Gasteiger partial charge in [0.15, 0.2) is 0 Å². The average molecular weight is 122 g/mol. The quantitative estimate of drug-likeness (QED) is 0.501. The summed E-state index contributed by atoms with van der Waals surface area (Å²) >= 11 is 0. The summed E-state index contributed by atoms with van der Waals surface area (Å²) < 4.78 is 0. The lowest BCUT2D eigenvalue weighted by atomic mass is 9.98. The molecular formula is C8H12N. The molecule has 1 saturated carbocycles. The van der Waals surface area contributed by atoms with Crippen molar-refractivity contribution in [1.82, 2.24) is 5.32 Å². The molecule has 9 heavy (non-hydrogen) atoms. The molecule has 1 radical (unpaired) electrons. The van der Waals surface area contributed by atoms with Crippen LogP contribution in [0, 0.1) is 11.8 Å². The van der Waals surface area contributed by atoms with E-state index in [0.29, 0.717) is 0 Å². The van der Waals surface area contributed by atoms with Gasteiger partial charge in [0, 0.05) is 12.7 Å². The maximum atomic E-state index is 4.16. The minimum atomic E-state index is 0.891. The molecule has 0 N–H and O–H groups in total. The predicted molar refractivity (Wildman–Crippen MR) is 37.0 cm³/mol. The molecule has 1 atom stereocenters. The molecule has 0 spiro atoms. The fourth-order valence-electron chi connectivity index (χ4n) is 1.48. The highest BCUT2D eigenvalue weighted by Gasteiger charge is 2.29. The van der Waals surface area contributed by atoms with E-state index in [9.17, 15) is 0 Å². The third kappa shape index (κ3) is 1.09. The molecule has 0 aromatic rings. The van der Waals surface area contributed by atoms with E-state index < -0.39 is 0 Å². The first kappa shape index (κ1) is 5.33. The van der Waals surface area contributed by atoms with Gasteiger partial charge in [0.05, 0.1) is 0 Å². The smallest absolute Gasteiger partial charge is 0.0394 e. The van der Waals surface area contributed by atoms with Crippen molar-refractivity contribution in [2.24, 2.45) is 11.8 Å². The van der Waals surface area contributed by atoms with Crippen molar-refractivity contribution in [2.75, 3.05) is 6.54 Å². The highest BCUT2D eigenvalue weighted by Crippen LogP contribution is 2.39. The topological polar surface area (TPSA) is 14.1 Å². The van der Waals surface area contributed by atoms with E-state index in [0.717, 1.165) is 18.4 Å². The van der Waals surface area contributed by atoms with E-state index in [2.05, 4.69) is 11.4 Å². The normalized spacial score (nSPS) is 34.0. The Balaban J connectivity index is 1.94. The summed E-state index contributed by atoms with van der Waals surface area (Å²) in [6, 6.07) is 0. The maximum absolute atomic E-state index is 4.16. The second-order valence-corrected chi connectivity index (χ2v) is 3.04. The zero-order chi connectivity index (χ0) is 6.10. The predicted octanol–water partition coefficient (Wildman–Crippen LogP) is 1.53. The van der Waals surface area contributed by atoms with E-state index in [1.165, 1.54) is 19.3 Å². The Kier molecular flexibility index (Phi) is 1.22. The molecular weight excluding hydrogens is 110 g/mol. The fraction of sp³-hybridized carbons (Fsp3) is 0.750. The summed E-state index contributed by atoms with van der Waals surface area (Å²) in [5.74, 6) is 1.93. The van der Waals surface area contributed by atoms with Crippen molar-refractivity contribution in [2.45, 2.75) is 19.3 Å². The first-order chi connectivity index (χ1) is 4.47. The molecule has 1 fully saturated rings. The molecule has 2 aliphatic rings. The first-order valence-corrected chi connectivity index (χ1v) is 3.80. The SMILES string of the molecule is C1=CC(C2CC2)CC[N]1. The molecule has 0 bridgehead atoms. The number of hydrogen-bond donors (Lipinski definition) is 0. The Morgan fingerprint density at radius 2 is 2.11 bits per heavy atom. The minimum Gasteiger partial charge on any atom is -0.293 e. The monoisotopic (exact) mass is 122 g/mol. The maximum Gasteiger partial charge on any atom is 0.0394 e. The van der Waals surface area contributed by atoms with E-state index in [4.69, 9.17) is 0 Å². The van der Waals surface area contributed by atoms with Crippen LogP contribution in [0.25, 0.3) is 0 Å². The Morgan fingerprint density at radius 3 is 2.67 bits per heavy atom. The summed E-state index contributed by atoms with van der Waals surface area (Å²) in [6.07, 6.45) is 8.51. The molecule has 0 amide bonds. The lowest BCUT2D eigenvalue weighted by Gasteiger charge is -2.14. The summed E-state index contributed by atoms with van der Waals surface area (Å²) in [7, 11) is 0. The van der Waals surface area contributed by atoms with E-state index >= 15 is 0 Å². The van der Waals surface area contributed by atoms with Crippen molar-refractivity contribution in [3.05, 3.63) is 12.3 Å². The molecule has 1 aliphatic carbocycles. The van der Waals surface area contributed by atoms with Crippen LogP contribution in [0.5, 0.6) is 0 Å². The largest absolute Gasteiger partial charge is 0.293 e. The van der Waals surface area contributed by atoms with Gasteiger partial charge in [-0.25, -0.2) is 0 Å². The van der Waals surface area contributed by atoms with E-state index in [1.807, 2.05) is 6.20 Å². The Bertz CT molecular complexity index is 125.